The predicted molar refractivity (Wildman–Crippen MR) is 98.1 cm³/mol. The number of halogens is 1. The van der Waals surface area contributed by atoms with Crippen molar-refractivity contribution in [3.63, 3.8) is 0 Å². The maximum Gasteiger partial charge on any atom is 0.274 e. The summed E-state index contributed by atoms with van der Waals surface area (Å²) in [7, 11) is 2.13. The van der Waals surface area contributed by atoms with Gasteiger partial charge in [-0.15, -0.1) is 0 Å². The van der Waals surface area contributed by atoms with Crippen molar-refractivity contribution >= 4 is 28.9 Å². The maximum atomic E-state index is 12.4. The first-order valence-electron chi connectivity index (χ1n) is 8.00. The van der Waals surface area contributed by atoms with E-state index in [1.54, 1.807) is 18.3 Å². The van der Waals surface area contributed by atoms with Gasteiger partial charge in [0.25, 0.3) is 5.91 Å². The molecule has 0 spiro atoms. The Morgan fingerprint density at radius 1 is 1.17 bits per heavy atom. The van der Waals surface area contributed by atoms with Crippen LogP contribution < -0.4 is 10.2 Å². The fourth-order valence-corrected chi connectivity index (χ4v) is 2.88. The highest BCUT2D eigenvalue weighted by atomic mass is 35.5. The van der Waals surface area contributed by atoms with Gasteiger partial charge in [-0.25, -0.2) is 4.98 Å². The number of benzene rings is 1. The number of piperazine rings is 1. The van der Waals surface area contributed by atoms with E-state index in [2.05, 4.69) is 27.1 Å². The minimum absolute atomic E-state index is 0.231. The average molecular weight is 345 g/mol. The summed E-state index contributed by atoms with van der Waals surface area (Å²) in [5.74, 6) is -0.231. The Bertz CT molecular complexity index is 724. The van der Waals surface area contributed by atoms with Crippen LogP contribution in [0, 0.1) is 6.92 Å². The first kappa shape index (κ1) is 16.7. The monoisotopic (exact) mass is 344 g/mol. The molecule has 2 aromatic rings. The quantitative estimate of drug-likeness (QED) is 0.929. The van der Waals surface area contributed by atoms with Gasteiger partial charge < -0.3 is 15.1 Å². The molecule has 0 atom stereocenters. The second-order valence-corrected chi connectivity index (χ2v) is 6.47. The number of anilines is 2. The summed E-state index contributed by atoms with van der Waals surface area (Å²) in [6, 6.07) is 9.17. The molecule has 1 N–H and O–H groups in total. The highest BCUT2D eigenvalue weighted by Gasteiger charge is 2.16. The van der Waals surface area contributed by atoms with Crippen LogP contribution in [0.3, 0.4) is 0 Å². The molecule has 24 heavy (non-hydrogen) atoms. The number of amides is 1. The van der Waals surface area contributed by atoms with Crippen LogP contribution in [0.1, 0.15) is 16.1 Å². The maximum absolute atomic E-state index is 12.4. The van der Waals surface area contributed by atoms with Crippen molar-refractivity contribution in [3.05, 3.63) is 52.8 Å². The van der Waals surface area contributed by atoms with Crippen LogP contribution in [0.2, 0.25) is 5.02 Å². The van der Waals surface area contributed by atoms with Gasteiger partial charge >= 0.3 is 0 Å². The topological polar surface area (TPSA) is 48.5 Å². The number of carbonyl (C=O) groups excluding carboxylic acids is 1. The summed E-state index contributed by atoms with van der Waals surface area (Å²) in [6.07, 6.45) is 1.77. The molecule has 1 aliphatic rings. The molecule has 1 amide bonds. The third-order valence-corrected chi connectivity index (χ3v) is 4.77. The number of pyridine rings is 1. The number of hydrogen-bond donors (Lipinski definition) is 1. The fraction of sp³-hybridized carbons (Fsp3) is 0.333. The third kappa shape index (κ3) is 3.68. The molecule has 1 fully saturated rings. The lowest BCUT2D eigenvalue weighted by atomic mass is 10.2. The lowest BCUT2D eigenvalue weighted by Crippen LogP contribution is -2.44. The Labute approximate surface area is 147 Å². The van der Waals surface area contributed by atoms with E-state index in [-0.39, 0.29) is 5.91 Å². The minimum atomic E-state index is -0.231. The van der Waals surface area contributed by atoms with E-state index in [1.807, 2.05) is 25.1 Å². The molecule has 2 heterocycles. The second-order valence-electron chi connectivity index (χ2n) is 6.06. The van der Waals surface area contributed by atoms with E-state index in [4.69, 9.17) is 11.6 Å². The highest BCUT2D eigenvalue weighted by Crippen LogP contribution is 2.23. The van der Waals surface area contributed by atoms with Crippen molar-refractivity contribution in [2.75, 3.05) is 43.4 Å². The van der Waals surface area contributed by atoms with Gasteiger partial charge in [0.15, 0.2) is 0 Å². The standard InChI is InChI=1S/C18H21ClN4O/c1-13-15(19)4-3-5-16(13)21-18(24)17-7-6-14(12-20-17)23-10-8-22(2)9-11-23/h3-7,12H,8-11H2,1-2H3,(H,21,24). The fourth-order valence-electron chi connectivity index (χ4n) is 2.70. The molecule has 1 aromatic heterocycles. The average Bonchev–Trinajstić information content (AvgIpc) is 2.60. The van der Waals surface area contributed by atoms with Crippen LogP contribution in [0.25, 0.3) is 0 Å². The first-order valence-corrected chi connectivity index (χ1v) is 8.38. The van der Waals surface area contributed by atoms with E-state index >= 15 is 0 Å². The lowest BCUT2D eigenvalue weighted by Gasteiger charge is -2.33. The number of aromatic nitrogens is 1. The van der Waals surface area contributed by atoms with Gasteiger partial charge in [0.05, 0.1) is 11.9 Å². The summed E-state index contributed by atoms with van der Waals surface area (Å²) in [4.78, 5) is 21.3. The molecule has 6 heteroatoms. The van der Waals surface area contributed by atoms with E-state index in [9.17, 15) is 4.79 Å². The summed E-state index contributed by atoms with van der Waals surface area (Å²) >= 11 is 6.08. The zero-order chi connectivity index (χ0) is 17.1. The van der Waals surface area contributed by atoms with Crippen LogP contribution in [0.5, 0.6) is 0 Å². The smallest absolute Gasteiger partial charge is 0.274 e. The highest BCUT2D eigenvalue weighted by molar-refractivity contribution is 6.31. The number of carbonyl (C=O) groups is 1. The van der Waals surface area contributed by atoms with E-state index in [0.717, 1.165) is 37.4 Å². The van der Waals surface area contributed by atoms with Crippen molar-refractivity contribution in [2.24, 2.45) is 0 Å². The van der Waals surface area contributed by atoms with Gasteiger partial charge in [-0.05, 0) is 43.8 Å². The summed E-state index contributed by atoms with van der Waals surface area (Å²) in [6.45, 7) is 5.91. The van der Waals surface area contributed by atoms with Gasteiger partial charge in [-0.2, -0.15) is 0 Å². The van der Waals surface area contributed by atoms with Crippen molar-refractivity contribution < 1.29 is 4.79 Å². The van der Waals surface area contributed by atoms with Crippen LogP contribution in [-0.4, -0.2) is 49.0 Å². The Hall–Kier alpha value is -2.11. The van der Waals surface area contributed by atoms with Gasteiger partial charge in [0.2, 0.25) is 0 Å². The van der Waals surface area contributed by atoms with Gasteiger partial charge in [-0.3, -0.25) is 4.79 Å². The molecule has 0 radical (unpaired) electrons. The molecular formula is C18H21ClN4O. The molecule has 3 rings (SSSR count). The molecule has 1 saturated heterocycles. The summed E-state index contributed by atoms with van der Waals surface area (Å²) < 4.78 is 0. The second kappa shape index (κ2) is 7.20. The first-order chi connectivity index (χ1) is 11.5. The van der Waals surface area contributed by atoms with E-state index < -0.39 is 0 Å². The zero-order valence-electron chi connectivity index (χ0n) is 13.9. The Balaban J connectivity index is 1.69. The number of nitrogens with one attached hydrogen (secondary N) is 1. The molecule has 126 valence electrons. The number of rotatable bonds is 3. The van der Waals surface area contributed by atoms with Crippen LogP contribution in [0.4, 0.5) is 11.4 Å². The van der Waals surface area contributed by atoms with Gasteiger partial charge in [0, 0.05) is 36.9 Å². The number of hydrogen-bond acceptors (Lipinski definition) is 4. The summed E-state index contributed by atoms with van der Waals surface area (Å²) in [5, 5.41) is 3.50. The van der Waals surface area contributed by atoms with Crippen LogP contribution >= 0.6 is 11.6 Å². The Kier molecular flexibility index (Phi) is 5.02. The number of likely N-dealkylation sites (N-methyl/N-ethyl adjacent to an activating group) is 1. The van der Waals surface area contributed by atoms with E-state index in [0.29, 0.717) is 16.4 Å². The molecular weight excluding hydrogens is 324 g/mol. The molecule has 1 aromatic carbocycles. The van der Waals surface area contributed by atoms with Crippen molar-refractivity contribution in [2.45, 2.75) is 6.92 Å². The lowest BCUT2D eigenvalue weighted by molar-refractivity contribution is 0.102. The van der Waals surface area contributed by atoms with Crippen molar-refractivity contribution in [1.82, 2.24) is 9.88 Å². The van der Waals surface area contributed by atoms with Gasteiger partial charge in [-0.1, -0.05) is 17.7 Å². The molecule has 0 saturated carbocycles. The number of nitrogens with zero attached hydrogens (tertiary/aromatic N) is 3. The molecule has 0 aliphatic carbocycles. The van der Waals surface area contributed by atoms with Crippen LogP contribution in [0.15, 0.2) is 36.5 Å². The third-order valence-electron chi connectivity index (χ3n) is 4.36. The molecule has 0 bridgehead atoms. The largest absolute Gasteiger partial charge is 0.368 e. The van der Waals surface area contributed by atoms with Crippen LogP contribution in [-0.2, 0) is 0 Å². The minimum Gasteiger partial charge on any atom is -0.368 e. The van der Waals surface area contributed by atoms with Crippen molar-refractivity contribution in [1.29, 1.82) is 0 Å². The normalized spacial score (nSPS) is 15.4. The van der Waals surface area contributed by atoms with Gasteiger partial charge in [0.1, 0.15) is 5.69 Å². The predicted octanol–water partition coefficient (Wildman–Crippen LogP) is 3.05. The summed E-state index contributed by atoms with van der Waals surface area (Å²) in [5.41, 5.74) is 3.00. The van der Waals surface area contributed by atoms with E-state index in [1.165, 1.54) is 0 Å². The van der Waals surface area contributed by atoms with Crippen molar-refractivity contribution in [3.8, 4) is 0 Å². The zero-order valence-corrected chi connectivity index (χ0v) is 14.7. The molecule has 1 aliphatic heterocycles. The molecule has 0 unspecified atom stereocenters. The Morgan fingerprint density at radius 3 is 2.58 bits per heavy atom. The SMILES string of the molecule is Cc1c(Cl)cccc1NC(=O)c1ccc(N2CCN(C)CC2)cn1. The molecule has 5 nitrogen and oxygen atoms in total. The Morgan fingerprint density at radius 2 is 1.92 bits per heavy atom.